The fourth-order valence-corrected chi connectivity index (χ4v) is 4.12. The molecule has 1 unspecified atom stereocenters. The third-order valence-electron chi connectivity index (χ3n) is 6.09. The van der Waals surface area contributed by atoms with Gasteiger partial charge >= 0.3 is 12.1 Å². The van der Waals surface area contributed by atoms with Crippen LogP contribution in [0.5, 0.6) is 0 Å². The quantitative estimate of drug-likeness (QED) is 0.199. The number of carbonyl (C=O) groups is 4. The molecule has 2 aromatic carbocycles. The lowest BCUT2D eigenvalue weighted by molar-refractivity contribution is -0.162. The van der Waals surface area contributed by atoms with Gasteiger partial charge < -0.3 is 16.0 Å². The van der Waals surface area contributed by atoms with E-state index in [4.69, 9.17) is 23.2 Å². The largest absolute Gasteiger partial charge is 0.390 e. The molecule has 3 N–H and O–H groups in total. The van der Waals surface area contributed by atoms with Crippen LogP contribution in [0, 0.1) is 5.92 Å². The number of rotatable bonds is 14. The Balaban J connectivity index is 2.17. The summed E-state index contributed by atoms with van der Waals surface area (Å²) < 4.78 is 66.4. The van der Waals surface area contributed by atoms with Crippen molar-refractivity contribution in [1.29, 1.82) is 0 Å². The number of hydrogen-bond donors (Lipinski definition) is 3. The Labute approximate surface area is 249 Å². The maximum absolute atomic E-state index is 14.7. The van der Waals surface area contributed by atoms with Crippen LogP contribution in [0.1, 0.15) is 37.8 Å². The van der Waals surface area contributed by atoms with Crippen molar-refractivity contribution in [3.8, 4) is 0 Å². The van der Waals surface area contributed by atoms with Crippen molar-refractivity contribution >= 4 is 46.7 Å². The lowest BCUT2D eigenvalue weighted by Crippen LogP contribution is -2.59. The van der Waals surface area contributed by atoms with Crippen LogP contribution in [0.15, 0.2) is 48.5 Å². The molecule has 0 fully saturated rings. The van der Waals surface area contributed by atoms with Gasteiger partial charge in [-0.25, -0.2) is 0 Å². The second-order valence-corrected chi connectivity index (χ2v) is 10.7. The second-order valence-electron chi connectivity index (χ2n) is 9.85. The molecule has 2 aromatic rings. The van der Waals surface area contributed by atoms with Crippen molar-refractivity contribution in [3.05, 3.63) is 69.7 Å². The van der Waals surface area contributed by atoms with E-state index in [1.165, 1.54) is 19.2 Å². The maximum Gasteiger partial charge on any atom is 0.390 e. The molecule has 2 atom stereocenters. The number of alkyl halides is 5. The Bertz CT molecular complexity index is 1260. The monoisotopic (exact) mass is 637 g/mol. The maximum atomic E-state index is 14.7. The van der Waals surface area contributed by atoms with Crippen LogP contribution in [0.3, 0.4) is 0 Å². The van der Waals surface area contributed by atoms with Gasteiger partial charge in [0.05, 0.1) is 22.5 Å². The van der Waals surface area contributed by atoms with Gasteiger partial charge in [0.1, 0.15) is 6.04 Å². The van der Waals surface area contributed by atoms with Gasteiger partial charge in [-0.15, -0.1) is 0 Å². The van der Waals surface area contributed by atoms with Gasteiger partial charge in [-0.2, -0.15) is 22.0 Å². The average molecular weight is 638 g/mol. The van der Waals surface area contributed by atoms with E-state index in [1.54, 1.807) is 48.5 Å². The van der Waals surface area contributed by atoms with Crippen LogP contribution >= 0.6 is 23.2 Å². The first kappa shape index (κ1) is 34.9. The summed E-state index contributed by atoms with van der Waals surface area (Å²) in [5, 5.41) is 6.79. The van der Waals surface area contributed by atoms with Gasteiger partial charge in [0, 0.05) is 19.4 Å². The molecular weight excluding hydrogens is 608 g/mol. The molecule has 42 heavy (non-hydrogen) atoms. The minimum absolute atomic E-state index is 0.0570. The average Bonchev–Trinajstić information content (AvgIpc) is 2.91. The molecule has 2 rings (SSSR count). The lowest BCUT2D eigenvalue weighted by Gasteiger charge is -2.27. The van der Waals surface area contributed by atoms with Crippen LogP contribution in [-0.2, 0) is 32.0 Å². The topological polar surface area (TPSA) is 104 Å². The number of hydrogen-bond acceptors (Lipinski definition) is 4. The van der Waals surface area contributed by atoms with Gasteiger partial charge in [0.25, 0.3) is 5.91 Å². The van der Waals surface area contributed by atoms with Crippen molar-refractivity contribution in [2.45, 2.75) is 63.7 Å². The zero-order valence-electron chi connectivity index (χ0n) is 22.7. The van der Waals surface area contributed by atoms with E-state index < -0.39 is 66.6 Å². The Morgan fingerprint density at radius 3 is 2.07 bits per heavy atom. The van der Waals surface area contributed by atoms with E-state index in [1.807, 2.05) is 0 Å². The van der Waals surface area contributed by atoms with Crippen molar-refractivity contribution < 1.29 is 41.1 Å². The van der Waals surface area contributed by atoms with E-state index in [2.05, 4.69) is 10.6 Å². The first-order valence-corrected chi connectivity index (χ1v) is 13.6. The summed E-state index contributed by atoms with van der Waals surface area (Å²) in [5.41, 5.74) is 1.31. The molecular formula is C28H30Cl2F5N3O4. The fraction of sp³-hybridized carbons (Fsp3) is 0.429. The van der Waals surface area contributed by atoms with Crippen molar-refractivity contribution in [3.63, 3.8) is 0 Å². The van der Waals surface area contributed by atoms with E-state index in [9.17, 15) is 41.1 Å². The number of amides is 3. The standard InChI is InChI=1S/C28H30Cl2F5N3O4/c1-16(2)23(24(40)28(34,35)26(42)36-13-12-27(31,32)33)38-25(41)21(15-17-6-4-3-5-7-17)37-22(39)11-9-18-8-10-19(29)20(30)14-18/h3-8,10,14,16,21,23H,9,11-13,15H2,1-2H3,(H,36,42)(H,37,39)(H,38,41)/t21?,23-/m0/s1. The SMILES string of the molecule is CC(C)[C@H](NC(=O)C(Cc1ccccc1)NC(=O)CCc1ccc(Cl)c(Cl)c1)C(=O)C(F)(F)C(=O)NCCC(F)(F)F. The predicted octanol–water partition coefficient (Wildman–Crippen LogP) is 5.07. The minimum atomic E-state index is -4.73. The van der Waals surface area contributed by atoms with Gasteiger partial charge in [-0.1, -0.05) is 73.4 Å². The number of aryl methyl sites for hydroxylation is 1. The minimum Gasteiger partial charge on any atom is -0.350 e. The van der Waals surface area contributed by atoms with E-state index in [0.717, 1.165) is 0 Å². The molecule has 0 heterocycles. The van der Waals surface area contributed by atoms with Crippen LogP contribution in [0.4, 0.5) is 22.0 Å². The molecule has 0 saturated heterocycles. The van der Waals surface area contributed by atoms with Gasteiger partial charge in [-0.3, -0.25) is 19.2 Å². The zero-order chi connectivity index (χ0) is 31.7. The predicted molar refractivity (Wildman–Crippen MR) is 147 cm³/mol. The molecule has 0 aromatic heterocycles. The molecule has 14 heteroatoms. The van der Waals surface area contributed by atoms with E-state index >= 15 is 0 Å². The summed E-state index contributed by atoms with van der Waals surface area (Å²) in [7, 11) is 0. The Morgan fingerprint density at radius 2 is 1.50 bits per heavy atom. The highest BCUT2D eigenvalue weighted by atomic mass is 35.5. The summed E-state index contributed by atoms with van der Waals surface area (Å²) in [5.74, 6) is -11.4. The van der Waals surface area contributed by atoms with Crippen molar-refractivity contribution in [2.75, 3.05) is 6.54 Å². The Hall–Kier alpha value is -3.25. The highest BCUT2D eigenvalue weighted by molar-refractivity contribution is 6.42. The molecule has 0 aliphatic heterocycles. The third kappa shape index (κ3) is 10.9. The third-order valence-corrected chi connectivity index (χ3v) is 6.83. The first-order chi connectivity index (χ1) is 19.5. The Kier molecular flexibility index (Phi) is 12.7. The molecule has 0 aliphatic rings. The molecule has 0 spiro atoms. The molecule has 0 aliphatic carbocycles. The first-order valence-electron chi connectivity index (χ1n) is 12.9. The molecule has 7 nitrogen and oxygen atoms in total. The molecule has 0 bridgehead atoms. The van der Waals surface area contributed by atoms with E-state index in [-0.39, 0.29) is 19.3 Å². The summed E-state index contributed by atoms with van der Waals surface area (Å²) >= 11 is 11.9. The number of Topliss-reactive ketones (excluding diaryl/α,β-unsaturated/α-hetero) is 1. The highest BCUT2D eigenvalue weighted by Crippen LogP contribution is 2.24. The number of carbonyl (C=O) groups excluding carboxylic acids is 4. The normalized spacial score (nSPS) is 13.3. The van der Waals surface area contributed by atoms with Gasteiger partial charge in [-0.05, 0) is 35.6 Å². The second kappa shape index (κ2) is 15.3. The van der Waals surface area contributed by atoms with Crippen LogP contribution in [0.25, 0.3) is 0 Å². The summed E-state index contributed by atoms with van der Waals surface area (Å²) in [4.78, 5) is 50.7. The molecule has 0 radical (unpaired) electrons. The number of benzene rings is 2. The smallest absolute Gasteiger partial charge is 0.350 e. The summed E-state index contributed by atoms with van der Waals surface area (Å²) in [6.07, 6.45) is -6.16. The number of ketones is 1. The fourth-order valence-electron chi connectivity index (χ4n) is 3.80. The van der Waals surface area contributed by atoms with E-state index in [0.29, 0.717) is 21.2 Å². The zero-order valence-corrected chi connectivity index (χ0v) is 24.2. The van der Waals surface area contributed by atoms with Crippen LogP contribution < -0.4 is 16.0 Å². The lowest BCUT2D eigenvalue weighted by atomic mass is 9.94. The van der Waals surface area contributed by atoms with Crippen LogP contribution in [0.2, 0.25) is 10.0 Å². The number of halogens is 7. The molecule has 3 amide bonds. The van der Waals surface area contributed by atoms with Crippen molar-refractivity contribution in [1.82, 2.24) is 16.0 Å². The van der Waals surface area contributed by atoms with Gasteiger partial charge in [0.2, 0.25) is 17.6 Å². The number of nitrogens with one attached hydrogen (secondary N) is 3. The summed E-state index contributed by atoms with van der Waals surface area (Å²) in [6, 6.07) is 10.1. The molecule has 230 valence electrons. The molecule has 0 saturated carbocycles. The van der Waals surface area contributed by atoms with Gasteiger partial charge in [0.15, 0.2) is 0 Å². The highest BCUT2D eigenvalue weighted by Gasteiger charge is 2.51. The van der Waals surface area contributed by atoms with Crippen molar-refractivity contribution in [2.24, 2.45) is 5.92 Å². The van der Waals surface area contributed by atoms with Crippen LogP contribution in [-0.4, -0.2) is 54.2 Å². The Morgan fingerprint density at radius 1 is 0.857 bits per heavy atom. The summed E-state index contributed by atoms with van der Waals surface area (Å²) in [6.45, 7) is 1.52.